The molecule has 110 valence electrons. The molecule has 1 aliphatic heterocycles. The van der Waals surface area contributed by atoms with Crippen LogP contribution in [0.2, 0.25) is 19.6 Å². The Hall–Kier alpha value is -1.13. The molecule has 20 heavy (non-hydrogen) atoms. The number of benzene rings is 1. The van der Waals surface area contributed by atoms with Crippen molar-refractivity contribution in [1.29, 1.82) is 0 Å². The lowest BCUT2D eigenvalue weighted by molar-refractivity contribution is -0.246. The summed E-state index contributed by atoms with van der Waals surface area (Å²) in [5.74, 6) is -0.657. The Labute approximate surface area is 123 Å². The Kier molecular flexibility index (Phi) is 3.82. The van der Waals surface area contributed by atoms with Crippen LogP contribution in [0.25, 0.3) is 0 Å². The van der Waals surface area contributed by atoms with Gasteiger partial charge < -0.3 is 9.26 Å². The van der Waals surface area contributed by atoms with E-state index in [2.05, 4.69) is 50.8 Å². The van der Waals surface area contributed by atoms with E-state index in [-0.39, 0.29) is 5.41 Å². The summed E-state index contributed by atoms with van der Waals surface area (Å²) in [7, 11) is -1.70. The second-order valence-corrected chi connectivity index (χ2v) is 11.6. The molecule has 1 aromatic rings. The van der Waals surface area contributed by atoms with Crippen LogP contribution in [-0.4, -0.2) is 19.8 Å². The van der Waals surface area contributed by atoms with E-state index in [1.54, 1.807) is 0 Å². The van der Waals surface area contributed by atoms with E-state index in [4.69, 9.17) is 9.26 Å². The lowest BCUT2D eigenvalue weighted by Gasteiger charge is -2.47. The molecule has 4 heteroatoms. The molecule has 0 aliphatic carbocycles. The van der Waals surface area contributed by atoms with Gasteiger partial charge in [0, 0.05) is 18.8 Å². The van der Waals surface area contributed by atoms with E-state index in [1.165, 1.54) is 0 Å². The van der Waals surface area contributed by atoms with Gasteiger partial charge in [0.2, 0.25) is 5.79 Å². The van der Waals surface area contributed by atoms with E-state index in [9.17, 15) is 0 Å². The van der Waals surface area contributed by atoms with Gasteiger partial charge in [-0.1, -0.05) is 49.3 Å². The molecule has 0 fully saturated rings. The standard InChI is InChI=1S/C16H25NO2Si/c1-15(2)12-14(13-10-8-7-9-11-13)17-18-16(15,3)19-20(4,5)6/h7-11H,12H2,1-6H3. The van der Waals surface area contributed by atoms with Gasteiger partial charge in [-0.3, -0.25) is 0 Å². The maximum Gasteiger partial charge on any atom is 0.230 e. The molecule has 2 rings (SSSR count). The molecule has 1 aliphatic rings. The van der Waals surface area contributed by atoms with Crippen LogP contribution in [0.3, 0.4) is 0 Å². The molecule has 0 radical (unpaired) electrons. The van der Waals surface area contributed by atoms with Gasteiger partial charge in [0.05, 0.1) is 5.71 Å². The average molecular weight is 291 g/mol. The number of oxime groups is 1. The summed E-state index contributed by atoms with van der Waals surface area (Å²) in [5.41, 5.74) is 1.99. The summed E-state index contributed by atoms with van der Waals surface area (Å²) in [6.45, 7) is 12.9. The molecule has 0 saturated heterocycles. The highest BCUT2D eigenvalue weighted by atomic mass is 28.4. The van der Waals surface area contributed by atoms with Crippen molar-refractivity contribution in [3.05, 3.63) is 35.9 Å². The quantitative estimate of drug-likeness (QED) is 0.773. The molecular formula is C16H25NO2Si. The van der Waals surface area contributed by atoms with Crippen LogP contribution >= 0.6 is 0 Å². The normalized spacial score (nSPS) is 25.8. The molecule has 1 aromatic carbocycles. The van der Waals surface area contributed by atoms with Crippen LogP contribution in [-0.2, 0) is 9.26 Å². The van der Waals surface area contributed by atoms with E-state index in [1.807, 2.05) is 25.1 Å². The van der Waals surface area contributed by atoms with Crippen LogP contribution in [0.1, 0.15) is 32.8 Å². The molecule has 0 N–H and O–H groups in total. The van der Waals surface area contributed by atoms with Gasteiger partial charge in [-0.25, -0.2) is 0 Å². The van der Waals surface area contributed by atoms with Crippen molar-refractivity contribution in [2.45, 2.75) is 52.6 Å². The Morgan fingerprint density at radius 3 is 2.20 bits per heavy atom. The number of hydrogen-bond acceptors (Lipinski definition) is 3. The summed E-state index contributed by atoms with van der Waals surface area (Å²) in [6, 6.07) is 10.2. The van der Waals surface area contributed by atoms with Crippen molar-refractivity contribution in [3.8, 4) is 0 Å². The zero-order valence-corrected chi connectivity index (χ0v) is 14.4. The van der Waals surface area contributed by atoms with Gasteiger partial charge in [-0.15, -0.1) is 0 Å². The monoisotopic (exact) mass is 291 g/mol. The molecule has 0 spiro atoms. The van der Waals surface area contributed by atoms with Crippen molar-refractivity contribution in [2.24, 2.45) is 10.6 Å². The molecule has 0 bridgehead atoms. The van der Waals surface area contributed by atoms with Crippen LogP contribution in [0.15, 0.2) is 35.5 Å². The predicted molar refractivity (Wildman–Crippen MR) is 85.3 cm³/mol. The second-order valence-electron chi connectivity index (χ2n) is 7.22. The maximum atomic E-state index is 6.28. The molecule has 0 amide bonds. The minimum Gasteiger partial charge on any atom is -0.380 e. The molecule has 0 saturated carbocycles. The van der Waals surface area contributed by atoms with E-state index in [0.717, 1.165) is 17.7 Å². The van der Waals surface area contributed by atoms with E-state index >= 15 is 0 Å². The summed E-state index contributed by atoms with van der Waals surface area (Å²) < 4.78 is 6.28. The lowest BCUT2D eigenvalue weighted by Crippen LogP contribution is -2.54. The van der Waals surface area contributed by atoms with E-state index < -0.39 is 14.1 Å². The third-order valence-electron chi connectivity index (χ3n) is 3.78. The number of rotatable bonds is 3. The van der Waals surface area contributed by atoms with Gasteiger partial charge in [-0.05, 0) is 25.2 Å². The highest BCUT2D eigenvalue weighted by Gasteiger charge is 2.50. The first-order chi connectivity index (χ1) is 9.13. The Balaban J connectivity index is 2.28. The fourth-order valence-corrected chi connectivity index (χ4v) is 3.89. The zero-order chi connectivity index (χ0) is 15.0. The molecule has 1 atom stereocenters. The molecule has 1 unspecified atom stereocenters. The van der Waals surface area contributed by atoms with Gasteiger partial charge in [-0.2, -0.15) is 0 Å². The van der Waals surface area contributed by atoms with E-state index in [0.29, 0.717) is 0 Å². The summed E-state index contributed by atoms with van der Waals surface area (Å²) in [6.07, 6.45) is 0.845. The molecule has 1 heterocycles. The van der Waals surface area contributed by atoms with Crippen LogP contribution in [0.5, 0.6) is 0 Å². The minimum absolute atomic E-state index is 0.125. The minimum atomic E-state index is -1.70. The highest BCUT2D eigenvalue weighted by Crippen LogP contribution is 2.44. The highest BCUT2D eigenvalue weighted by molar-refractivity contribution is 6.69. The fourth-order valence-electron chi connectivity index (χ4n) is 2.40. The van der Waals surface area contributed by atoms with Gasteiger partial charge in [0.25, 0.3) is 0 Å². The molecule has 3 nitrogen and oxygen atoms in total. The number of hydrogen-bond donors (Lipinski definition) is 0. The maximum absolute atomic E-state index is 6.28. The third-order valence-corrected chi connectivity index (χ3v) is 4.78. The first-order valence-electron chi connectivity index (χ1n) is 7.14. The van der Waals surface area contributed by atoms with Crippen molar-refractivity contribution in [2.75, 3.05) is 0 Å². The van der Waals surface area contributed by atoms with Gasteiger partial charge in [0.15, 0.2) is 8.32 Å². The fraction of sp³-hybridized carbons (Fsp3) is 0.562. The summed E-state index contributed by atoms with van der Waals surface area (Å²) in [5, 5.41) is 4.35. The van der Waals surface area contributed by atoms with Crippen molar-refractivity contribution < 1.29 is 9.26 Å². The molecular weight excluding hydrogens is 266 g/mol. The SMILES string of the molecule is CC1(C)CC(c2ccccc2)=NOC1(C)O[Si](C)(C)C. The second kappa shape index (κ2) is 5.01. The van der Waals surface area contributed by atoms with Crippen molar-refractivity contribution in [3.63, 3.8) is 0 Å². The third kappa shape index (κ3) is 3.12. The smallest absolute Gasteiger partial charge is 0.230 e. The Bertz CT molecular complexity index is 505. The van der Waals surface area contributed by atoms with Gasteiger partial charge in [0.1, 0.15) is 0 Å². The molecule has 0 aromatic heterocycles. The zero-order valence-electron chi connectivity index (χ0n) is 13.4. The predicted octanol–water partition coefficient (Wildman–Crippen LogP) is 4.40. The lowest BCUT2D eigenvalue weighted by atomic mass is 9.77. The Morgan fingerprint density at radius 2 is 1.70 bits per heavy atom. The Morgan fingerprint density at radius 1 is 1.10 bits per heavy atom. The van der Waals surface area contributed by atoms with Crippen molar-refractivity contribution in [1.82, 2.24) is 0 Å². The van der Waals surface area contributed by atoms with Crippen LogP contribution in [0, 0.1) is 5.41 Å². The summed E-state index contributed by atoms with van der Waals surface area (Å²) in [4.78, 5) is 5.82. The van der Waals surface area contributed by atoms with Crippen LogP contribution in [0.4, 0.5) is 0 Å². The van der Waals surface area contributed by atoms with Crippen LogP contribution < -0.4 is 0 Å². The van der Waals surface area contributed by atoms with Crippen molar-refractivity contribution >= 4 is 14.0 Å². The average Bonchev–Trinajstić information content (AvgIpc) is 2.32. The first kappa shape index (κ1) is 15.3. The largest absolute Gasteiger partial charge is 0.380 e. The number of nitrogens with zero attached hydrogens (tertiary/aromatic N) is 1. The summed E-state index contributed by atoms with van der Waals surface area (Å²) >= 11 is 0. The van der Waals surface area contributed by atoms with Gasteiger partial charge >= 0.3 is 0 Å². The first-order valence-corrected chi connectivity index (χ1v) is 10.5. The topological polar surface area (TPSA) is 30.8 Å².